The van der Waals surface area contributed by atoms with Crippen molar-refractivity contribution < 1.29 is 4.74 Å². The summed E-state index contributed by atoms with van der Waals surface area (Å²) in [4.78, 5) is 2.73. The summed E-state index contributed by atoms with van der Waals surface area (Å²) in [7, 11) is 0. The molecule has 0 aliphatic carbocycles. The summed E-state index contributed by atoms with van der Waals surface area (Å²) in [5.41, 5.74) is 1.49. The molecule has 25 heavy (non-hydrogen) atoms. The lowest BCUT2D eigenvalue weighted by molar-refractivity contribution is 0.111. The molecule has 0 bridgehead atoms. The average molecular weight is 343 g/mol. The van der Waals surface area contributed by atoms with E-state index in [1.54, 1.807) is 0 Å². The smallest absolute Gasteiger partial charge is 0.120 e. The monoisotopic (exact) mass is 342 g/mol. The van der Waals surface area contributed by atoms with Gasteiger partial charge in [-0.1, -0.05) is 25.5 Å². The summed E-state index contributed by atoms with van der Waals surface area (Å²) in [5, 5.41) is 3.53. The minimum atomic E-state index is 0.345. The zero-order valence-electron chi connectivity index (χ0n) is 15.8. The first-order valence-corrected chi connectivity index (χ1v) is 10.5. The Labute approximate surface area is 153 Å². The van der Waals surface area contributed by atoms with Gasteiger partial charge in [0.1, 0.15) is 11.9 Å². The second kappa shape index (κ2) is 8.09. The molecule has 3 aliphatic heterocycles. The highest BCUT2D eigenvalue weighted by Crippen LogP contribution is 2.37. The number of hydrogen-bond donors (Lipinski definition) is 1. The number of rotatable bonds is 5. The summed E-state index contributed by atoms with van der Waals surface area (Å²) >= 11 is 0. The molecular formula is C22H34N2O. The molecule has 0 saturated carbocycles. The van der Waals surface area contributed by atoms with Crippen molar-refractivity contribution in [2.24, 2.45) is 5.92 Å². The number of nitrogens with zero attached hydrogens (tertiary/aromatic N) is 1. The summed E-state index contributed by atoms with van der Waals surface area (Å²) in [5.74, 6) is 2.44. The van der Waals surface area contributed by atoms with Gasteiger partial charge in [-0.15, -0.1) is 0 Å². The van der Waals surface area contributed by atoms with Crippen molar-refractivity contribution in [3.63, 3.8) is 0 Å². The van der Waals surface area contributed by atoms with Crippen molar-refractivity contribution in [3.8, 4) is 5.75 Å². The minimum Gasteiger partial charge on any atom is -0.490 e. The second-order valence-electron chi connectivity index (χ2n) is 8.32. The van der Waals surface area contributed by atoms with Gasteiger partial charge in [-0.25, -0.2) is 0 Å². The maximum Gasteiger partial charge on any atom is 0.120 e. The van der Waals surface area contributed by atoms with Crippen LogP contribution in [0.3, 0.4) is 0 Å². The van der Waals surface area contributed by atoms with Gasteiger partial charge in [-0.2, -0.15) is 0 Å². The molecule has 3 nitrogen and oxygen atoms in total. The average Bonchev–Trinajstić information content (AvgIpc) is 3.11. The van der Waals surface area contributed by atoms with Crippen LogP contribution in [0, 0.1) is 5.92 Å². The number of nitrogens with one attached hydrogen (secondary N) is 1. The van der Waals surface area contributed by atoms with E-state index in [4.69, 9.17) is 4.74 Å². The van der Waals surface area contributed by atoms with Gasteiger partial charge in [0.05, 0.1) is 0 Å². The maximum absolute atomic E-state index is 6.47. The van der Waals surface area contributed by atoms with Crippen LogP contribution in [0.5, 0.6) is 5.75 Å². The normalized spacial score (nSPS) is 31.5. The fourth-order valence-electron chi connectivity index (χ4n) is 5.22. The first kappa shape index (κ1) is 17.4. The van der Waals surface area contributed by atoms with E-state index in [1.807, 2.05) is 0 Å². The summed E-state index contributed by atoms with van der Waals surface area (Å²) in [6.45, 7) is 7.10. The molecule has 0 aromatic heterocycles. The summed E-state index contributed by atoms with van der Waals surface area (Å²) < 4.78 is 6.47. The number of piperidine rings is 2. The molecule has 4 unspecified atom stereocenters. The fraction of sp³-hybridized carbons (Fsp3) is 0.727. The predicted molar refractivity (Wildman–Crippen MR) is 103 cm³/mol. The van der Waals surface area contributed by atoms with Crippen LogP contribution in [0.4, 0.5) is 0 Å². The molecule has 4 atom stereocenters. The molecule has 4 rings (SSSR count). The van der Waals surface area contributed by atoms with E-state index in [2.05, 4.69) is 41.4 Å². The Kier molecular flexibility index (Phi) is 5.62. The molecule has 0 spiro atoms. The Bertz CT molecular complexity index is 541. The van der Waals surface area contributed by atoms with Crippen LogP contribution in [0.1, 0.15) is 63.4 Å². The molecule has 3 aliphatic rings. The van der Waals surface area contributed by atoms with Crippen LogP contribution in [-0.4, -0.2) is 43.2 Å². The van der Waals surface area contributed by atoms with Gasteiger partial charge in [0.25, 0.3) is 0 Å². The maximum atomic E-state index is 6.47. The van der Waals surface area contributed by atoms with E-state index in [1.165, 1.54) is 63.7 Å². The summed E-state index contributed by atoms with van der Waals surface area (Å²) in [6.07, 6.45) is 9.57. The molecule has 3 heteroatoms. The van der Waals surface area contributed by atoms with Gasteiger partial charge in [0.2, 0.25) is 0 Å². The Hall–Kier alpha value is -1.06. The van der Waals surface area contributed by atoms with Crippen LogP contribution in [0.2, 0.25) is 0 Å². The topological polar surface area (TPSA) is 24.5 Å². The third-order valence-corrected chi connectivity index (χ3v) is 6.64. The molecule has 3 saturated heterocycles. The molecule has 1 N–H and O–H groups in total. The van der Waals surface area contributed by atoms with Crippen molar-refractivity contribution in [2.75, 3.05) is 26.2 Å². The van der Waals surface area contributed by atoms with Crippen molar-refractivity contribution in [1.82, 2.24) is 10.2 Å². The number of fused-ring (bicyclic) bond motifs is 1. The van der Waals surface area contributed by atoms with E-state index in [0.717, 1.165) is 24.8 Å². The van der Waals surface area contributed by atoms with Crippen molar-refractivity contribution in [2.45, 2.75) is 69.9 Å². The lowest BCUT2D eigenvalue weighted by atomic mass is 9.92. The van der Waals surface area contributed by atoms with Gasteiger partial charge in [0, 0.05) is 25.0 Å². The third-order valence-electron chi connectivity index (χ3n) is 6.64. The van der Waals surface area contributed by atoms with Gasteiger partial charge >= 0.3 is 0 Å². The number of ether oxygens (including phenoxy) is 1. The number of hydrogen-bond acceptors (Lipinski definition) is 3. The SMILES string of the molecule is CCC(Oc1cccc(C2CC3CCCCN3C2)c1)C1CCCNC1. The first-order chi connectivity index (χ1) is 12.3. The Morgan fingerprint density at radius 1 is 1.24 bits per heavy atom. The first-order valence-electron chi connectivity index (χ1n) is 10.5. The zero-order chi connectivity index (χ0) is 17.1. The van der Waals surface area contributed by atoms with E-state index in [-0.39, 0.29) is 0 Å². The molecule has 1 aromatic carbocycles. The van der Waals surface area contributed by atoms with Crippen LogP contribution >= 0.6 is 0 Å². The van der Waals surface area contributed by atoms with Gasteiger partial charge in [-0.3, -0.25) is 4.90 Å². The van der Waals surface area contributed by atoms with Crippen LogP contribution in [-0.2, 0) is 0 Å². The van der Waals surface area contributed by atoms with E-state index in [9.17, 15) is 0 Å². The Morgan fingerprint density at radius 3 is 3.00 bits per heavy atom. The highest BCUT2D eigenvalue weighted by Gasteiger charge is 2.34. The quantitative estimate of drug-likeness (QED) is 0.868. The Balaban J connectivity index is 1.42. The third kappa shape index (κ3) is 4.03. The van der Waals surface area contributed by atoms with E-state index >= 15 is 0 Å². The van der Waals surface area contributed by atoms with Crippen LogP contribution < -0.4 is 10.1 Å². The molecule has 0 radical (unpaired) electrons. The Morgan fingerprint density at radius 2 is 2.20 bits per heavy atom. The van der Waals surface area contributed by atoms with Crippen molar-refractivity contribution >= 4 is 0 Å². The minimum absolute atomic E-state index is 0.345. The lowest BCUT2D eigenvalue weighted by Crippen LogP contribution is -2.39. The zero-order valence-corrected chi connectivity index (χ0v) is 15.8. The lowest BCUT2D eigenvalue weighted by Gasteiger charge is -2.30. The van der Waals surface area contributed by atoms with Crippen molar-refractivity contribution in [1.29, 1.82) is 0 Å². The van der Waals surface area contributed by atoms with Gasteiger partial charge < -0.3 is 10.1 Å². The van der Waals surface area contributed by atoms with Crippen LogP contribution in [0.15, 0.2) is 24.3 Å². The fourth-order valence-corrected chi connectivity index (χ4v) is 5.22. The number of benzene rings is 1. The molecule has 1 aromatic rings. The molecule has 3 fully saturated rings. The molecule has 138 valence electrons. The van der Waals surface area contributed by atoms with Crippen LogP contribution in [0.25, 0.3) is 0 Å². The van der Waals surface area contributed by atoms with E-state index < -0.39 is 0 Å². The highest BCUT2D eigenvalue weighted by molar-refractivity contribution is 5.32. The molecule has 3 heterocycles. The highest BCUT2D eigenvalue weighted by atomic mass is 16.5. The van der Waals surface area contributed by atoms with Gasteiger partial charge in [0.15, 0.2) is 0 Å². The molecular weight excluding hydrogens is 308 g/mol. The summed E-state index contributed by atoms with van der Waals surface area (Å²) in [6, 6.07) is 9.85. The second-order valence-corrected chi connectivity index (χ2v) is 8.32. The van der Waals surface area contributed by atoms with Gasteiger partial charge in [-0.05, 0) is 75.2 Å². The standard InChI is InChI=1S/C22H34N2O/c1-2-22(18-8-6-11-23-15-18)25-21-10-5-7-17(14-21)19-13-20-9-3-4-12-24(20)16-19/h5,7,10,14,18-20,22-23H,2-4,6,8-9,11-13,15-16H2,1H3. The predicted octanol–water partition coefficient (Wildman–Crippen LogP) is 4.19. The van der Waals surface area contributed by atoms with Crippen molar-refractivity contribution in [3.05, 3.63) is 29.8 Å². The molecule has 0 amide bonds. The van der Waals surface area contributed by atoms with E-state index in [0.29, 0.717) is 17.9 Å². The largest absolute Gasteiger partial charge is 0.490 e.